The Morgan fingerprint density at radius 2 is 1.71 bits per heavy atom. The summed E-state index contributed by atoms with van der Waals surface area (Å²) in [6, 6.07) is 18.9. The molecule has 3 rings (SSSR count). The molecule has 0 amide bonds. The molecule has 0 unspecified atom stereocenters. The molecule has 21 heavy (non-hydrogen) atoms. The van der Waals surface area contributed by atoms with Gasteiger partial charge in [-0.15, -0.1) is 0 Å². The Balaban J connectivity index is 2.02. The molecular formula is C18H21N2O+. The van der Waals surface area contributed by atoms with E-state index in [1.807, 2.05) is 12.1 Å². The second-order valence-electron chi connectivity index (χ2n) is 5.31. The Bertz CT molecular complexity index is 632. The number of hydrogen-bond acceptors (Lipinski definition) is 2. The number of anilines is 1. The molecule has 0 N–H and O–H groups in total. The topological polar surface area (TPSA) is 15.5 Å². The normalized spacial score (nSPS) is 15.2. The van der Waals surface area contributed by atoms with Crippen molar-refractivity contribution in [3.05, 3.63) is 60.2 Å². The summed E-state index contributed by atoms with van der Waals surface area (Å²) < 4.78 is 7.59. The summed E-state index contributed by atoms with van der Waals surface area (Å²) in [5, 5.41) is 0. The zero-order valence-corrected chi connectivity index (χ0v) is 12.6. The lowest BCUT2D eigenvalue weighted by Gasteiger charge is -2.25. The Hall–Kier alpha value is -2.29. The summed E-state index contributed by atoms with van der Waals surface area (Å²) in [7, 11) is 3.86. The van der Waals surface area contributed by atoms with E-state index in [2.05, 4.69) is 59.0 Å². The first-order chi connectivity index (χ1) is 10.3. The molecule has 0 bridgehead atoms. The number of ether oxygens (including phenoxy) is 1. The molecule has 0 spiro atoms. The SMILES string of the molecule is COc1ccc(C2=[N+](C)CCCN2c2ccccc2)cc1. The van der Waals surface area contributed by atoms with Gasteiger partial charge in [0.15, 0.2) is 0 Å². The highest BCUT2D eigenvalue weighted by molar-refractivity contribution is 6.07. The van der Waals surface area contributed by atoms with Crippen LogP contribution in [0.15, 0.2) is 54.6 Å². The summed E-state index contributed by atoms with van der Waals surface area (Å²) in [4.78, 5) is 2.39. The zero-order valence-electron chi connectivity index (χ0n) is 12.6. The van der Waals surface area contributed by atoms with E-state index < -0.39 is 0 Å². The smallest absolute Gasteiger partial charge is 0.284 e. The lowest BCUT2D eigenvalue weighted by Crippen LogP contribution is -2.43. The average molecular weight is 281 g/mol. The van der Waals surface area contributed by atoms with Crippen LogP contribution in [-0.4, -0.2) is 37.7 Å². The van der Waals surface area contributed by atoms with Crippen LogP contribution in [0.1, 0.15) is 12.0 Å². The van der Waals surface area contributed by atoms with Crippen LogP contribution >= 0.6 is 0 Å². The molecule has 0 fully saturated rings. The minimum absolute atomic E-state index is 0.893. The number of hydrogen-bond donors (Lipinski definition) is 0. The maximum absolute atomic E-state index is 5.26. The summed E-state index contributed by atoms with van der Waals surface area (Å²) >= 11 is 0. The van der Waals surface area contributed by atoms with Crippen LogP contribution in [0.3, 0.4) is 0 Å². The van der Waals surface area contributed by atoms with Crippen molar-refractivity contribution >= 4 is 11.5 Å². The third kappa shape index (κ3) is 2.77. The molecule has 1 aliphatic heterocycles. The highest BCUT2D eigenvalue weighted by atomic mass is 16.5. The number of rotatable bonds is 3. The predicted molar refractivity (Wildman–Crippen MR) is 86.6 cm³/mol. The van der Waals surface area contributed by atoms with E-state index in [-0.39, 0.29) is 0 Å². The molecule has 0 aromatic heterocycles. The first kappa shape index (κ1) is 13.7. The number of amidine groups is 1. The highest BCUT2D eigenvalue weighted by Crippen LogP contribution is 2.21. The van der Waals surface area contributed by atoms with Crippen molar-refractivity contribution in [2.24, 2.45) is 0 Å². The standard InChI is InChI=1S/C18H21N2O/c1-19-13-6-14-20(16-7-4-3-5-8-16)18(19)15-9-11-17(21-2)12-10-15/h3-5,7-12H,6,13-14H2,1-2H3/q+1. The third-order valence-electron chi connectivity index (χ3n) is 3.91. The van der Waals surface area contributed by atoms with Gasteiger partial charge in [-0.25, -0.2) is 4.90 Å². The van der Waals surface area contributed by atoms with Gasteiger partial charge in [0.25, 0.3) is 5.84 Å². The lowest BCUT2D eigenvalue weighted by molar-refractivity contribution is -0.501. The van der Waals surface area contributed by atoms with Crippen molar-refractivity contribution in [2.45, 2.75) is 6.42 Å². The zero-order chi connectivity index (χ0) is 14.7. The van der Waals surface area contributed by atoms with Crippen LogP contribution in [0.2, 0.25) is 0 Å². The fourth-order valence-electron chi connectivity index (χ4n) is 2.86. The molecule has 2 aromatic rings. The molecule has 0 saturated carbocycles. The first-order valence-corrected chi connectivity index (χ1v) is 7.34. The monoisotopic (exact) mass is 281 g/mol. The number of methoxy groups -OCH3 is 1. The lowest BCUT2D eigenvalue weighted by atomic mass is 10.1. The fourth-order valence-corrected chi connectivity index (χ4v) is 2.86. The van der Waals surface area contributed by atoms with Crippen LogP contribution in [0.25, 0.3) is 0 Å². The largest absolute Gasteiger partial charge is 0.497 e. The molecular weight excluding hydrogens is 260 g/mol. The molecule has 0 atom stereocenters. The van der Waals surface area contributed by atoms with Gasteiger partial charge >= 0.3 is 0 Å². The number of benzene rings is 2. The van der Waals surface area contributed by atoms with Crippen molar-refractivity contribution in [3.63, 3.8) is 0 Å². The van der Waals surface area contributed by atoms with Gasteiger partial charge in [0.05, 0.1) is 32.8 Å². The number of nitrogens with zero attached hydrogens (tertiary/aromatic N) is 2. The molecule has 0 saturated heterocycles. The molecule has 1 heterocycles. The summed E-state index contributed by atoms with van der Waals surface area (Å²) in [5.74, 6) is 2.15. The Morgan fingerprint density at radius 3 is 2.38 bits per heavy atom. The van der Waals surface area contributed by atoms with Gasteiger partial charge in [0, 0.05) is 6.42 Å². The van der Waals surface area contributed by atoms with Gasteiger partial charge in [0.2, 0.25) is 0 Å². The van der Waals surface area contributed by atoms with Gasteiger partial charge in [-0.2, -0.15) is 0 Å². The molecule has 2 aromatic carbocycles. The summed E-state index contributed by atoms with van der Waals surface area (Å²) in [6.45, 7) is 2.14. The Labute approximate surface area is 126 Å². The van der Waals surface area contributed by atoms with E-state index in [1.54, 1.807) is 7.11 Å². The van der Waals surface area contributed by atoms with Crippen LogP contribution in [0, 0.1) is 0 Å². The van der Waals surface area contributed by atoms with Crippen LogP contribution < -0.4 is 9.64 Å². The van der Waals surface area contributed by atoms with Gasteiger partial charge in [-0.05, 0) is 36.4 Å². The minimum Gasteiger partial charge on any atom is -0.497 e. The fraction of sp³-hybridized carbons (Fsp3) is 0.278. The van der Waals surface area contributed by atoms with E-state index in [0.717, 1.165) is 18.8 Å². The van der Waals surface area contributed by atoms with Gasteiger partial charge < -0.3 is 4.74 Å². The predicted octanol–water partition coefficient (Wildman–Crippen LogP) is 2.99. The number of para-hydroxylation sites is 1. The maximum Gasteiger partial charge on any atom is 0.284 e. The summed E-state index contributed by atoms with van der Waals surface area (Å²) in [6.07, 6.45) is 1.17. The van der Waals surface area contributed by atoms with E-state index in [4.69, 9.17) is 4.74 Å². The van der Waals surface area contributed by atoms with Crippen LogP contribution in [-0.2, 0) is 0 Å². The third-order valence-corrected chi connectivity index (χ3v) is 3.91. The van der Waals surface area contributed by atoms with Crippen molar-refractivity contribution in [3.8, 4) is 5.75 Å². The van der Waals surface area contributed by atoms with Crippen molar-refractivity contribution < 1.29 is 9.31 Å². The average Bonchev–Trinajstić information content (AvgIpc) is 2.55. The van der Waals surface area contributed by atoms with E-state index in [0.29, 0.717) is 0 Å². The van der Waals surface area contributed by atoms with E-state index in [1.165, 1.54) is 23.5 Å². The highest BCUT2D eigenvalue weighted by Gasteiger charge is 2.28. The van der Waals surface area contributed by atoms with Gasteiger partial charge in [-0.1, -0.05) is 18.2 Å². The first-order valence-electron chi connectivity index (χ1n) is 7.34. The van der Waals surface area contributed by atoms with Crippen molar-refractivity contribution in [1.82, 2.24) is 0 Å². The molecule has 1 aliphatic rings. The molecule has 108 valence electrons. The molecule has 3 nitrogen and oxygen atoms in total. The van der Waals surface area contributed by atoms with Crippen LogP contribution in [0.4, 0.5) is 5.69 Å². The molecule has 0 aliphatic carbocycles. The second-order valence-corrected chi connectivity index (χ2v) is 5.31. The van der Waals surface area contributed by atoms with E-state index in [9.17, 15) is 0 Å². The molecule has 0 radical (unpaired) electrons. The minimum atomic E-state index is 0.893. The van der Waals surface area contributed by atoms with Crippen LogP contribution in [0.5, 0.6) is 5.75 Å². The summed E-state index contributed by atoms with van der Waals surface area (Å²) in [5.41, 5.74) is 2.47. The second kappa shape index (κ2) is 6.00. The maximum atomic E-state index is 5.26. The quantitative estimate of drug-likeness (QED) is 0.804. The van der Waals surface area contributed by atoms with Gasteiger partial charge in [-0.3, -0.25) is 4.58 Å². The van der Waals surface area contributed by atoms with E-state index >= 15 is 0 Å². The molecule has 3 heteroatoms. The Kier molecular flexibility index (Phi) is 3.91. The van der Waals surface area contributed by atoms with Gasteiger partial charge in [0.1, 0.15) is 11.4 Å². The van der Waals surface area contributed by atoms with Crippen molar-refractivity contribution in [1.29, 1.82) is 0 Å². The van der Waals surface area contributed by atoms with Crippen molar-refractivity contribution in [2.75, 3.05) is 32.1 Å². The Morgan fingerprint density at radius 1 is 1.00 bits per heavy atom.